The molecule has 1 saturated heterocycles. The van der Waals surface area contributed by atoms with Crippen LogP contribution < -0.4 is 0 Å². The first-order valence-corrected chi connectivity index (χ1v) is 9.13. The monoisotopic (exact) mass is 337 g/mol. The summed E-state index contributed by atoms with van der Waals surface area (Å²) in [7, 11) is 1.96. The van der Waals surface area contributed by atoms with Crippen molar-refractivity contribution in [2.45, 2.75) is 38.3 Å². The highest BCUT2D eigenvalue weighted by molar-refractivity contribution is 5.76. The number of aryl methyl sites for hydroxylation is 1. The Labute approximate surface area is 150 Å². The highest BCUT2D eigenvalue weighted by atomic mass is 16.2. The van der Waals surface area contributed by atoms with Crippen LogP contribution in [0.3, 0.4) is 0 Å². The molecule has 0 bridgehead atoms. The van der Waals surface area contributed by atoms with Crippen molar-refractivity contribution in [1.29, 1.82) is 0 Å². The summed E-state index contributed by atoms with van der Waals surface area (Å²) in [6.07, 6.45) is 7.05. The number of hydrogen-bond donors (Lipinski definition) is 0. The number of nitrogens with zero attached hydrogens (tertiary/aromatic N) is 3. The van der Waals surface area contributed by atoms with Gasteiger partial charge >= 0.3 is 0 Å². The smallest absolute Gasteiger partial charge is 0.222 e. The summed E-state index contributed by atoms with van der Waals surface area (Å²) in [6.45, 7) is 3.12. The number of carbonyl (C=O) groups excluding carboxylic acids is 1. The zero-order chi connectivity index (χ0) is 17.5. The van der Waals surface area contributed by atoms with Crippen LogP contribution in [0.25, 0.3) is 0 Å². The van der Waals surface area contributed by atoms with Gasteiger partial charge in [0.25, 0.3) is 0 Å². The van der Waals surface area contributed by atoms with Crippen LogP contribution >= 0.6 is 0 Å². The lowest BCUT2D eigenvalue weighted by Gasteiger charge is -2.37. The van der Waals surface area contributed by atoms with Gasteiger partial charge in [0.1, 0.15) is 0 Å². The molecule has 2 heterocycles. The van der Waals surface area contributed by atoms with Crippen molar-refractivity contribution in [3.8, 4) is 0 Å². The second-order valence-electron chi connectivity index (χ2n) is 6.85. The Morgan fingerprint density at radius 1 is 1.08 bits per heavy atom. The first kappa shape index (κ1) is 17.6. The van der Waals surface area contributed by atoms with Gasteiger partial charge in [0, 0.05) is 51.5 Å². The predicted molar refractivity (Wildman–Crippen MR) is 100 cm³/mol. The second-order valence-corrected chi connectivity index (χ2v) is 6.85. The number of aromatic nitrogens is 1. The zero-order valence-electron chi connectivity index (χ0n) is 15.0. The van der Waals surface area contributed by atoms with Crippen molar-refractivity contribution in [3.63, 3.8) is 0 Å². The summed E-state index contributed by atoms with van der Waals surface area (Å²) in [6, 6.07) is 14.9. The van der Waals surface area contributed by atoms with Crippen LogP contribution in [0.15, 0.2) is 54.9 Å². The third-order valence-electron chi connectivity index (χ3n) is 5.12. The van der Waals surface area contributed by atoms with E-state index in [9.17, 15) is 4.79 Å². The minimum absolute atomic E-state index is 0.248. The van der Waals surface area contributed by atoms with Gasteiger partial charge in [0.2, 0.25) is 5.91 Å². The zero-order valence-corrected chi connectivity index (χ0v) is 15.0. The third-order valence-corrected chi connectivity index (χ3v) is 5.12. The lowest BCUT2D eigenvalue weighted by molar-refractivity contribution is -0.132. The van der Waals surface area contributed by atoms with Gasteiger partial charge in [0.05, 0.1) is 0 Å². The van der Waals surface area contributed by atoms with Gasteiger partial charge in [-0.25, -0.2) is 0 Å². The van der Waals surface area contributed by atoms with Crippen molar-refractivity contribution < 1.29 is 4.79 Å². The molecule has 4 heteroatoms. The predicted octanol–water partition coefficient (Wildman–Crippen LogP) is 3.14. The van der Waals surface area contributed by atoms with Crippen molar-refractivity contribution in [2.75, 3.05) is 20.1 Å². The molecule has 0 spiro atoms. The summed E-state index contributed by atoms with van der Waals surface area (Å²) in [5.74, 6) is 0.248. The average molecular weight is 337 g/mol. The molecule has 0 N–H and O–H groups in total. The Balaban J connectivity index is 1.43. The van der Waals surface area contributed by atoms with E-state index in [1.165, 1.54) is 11.1 Å². The summed E-state index contributed by atoms with van der Waals surface area (Å²) >= 11 is 0. The van der Waals surface area contributed by atoms with E-state index in [0.717, 1.165) is 38.9 Å². The number of rotatable bonds is 6. The molecule has 1 aromatic heterocycles. The third kappa shape index (κ3) is 5.13. The van der Waals surface area contributed by atoms with Gasteiger partial charge in [-0.05, 0) is 42.5 Å². The minimum Gasteiger partial charge on any atom is -0.343 e. The number of pyridine rings is 1. The standard InChI is InChI=1S/C21H27N3O/c1-23(21(25)8-7-18-9-13-22-14-10-18)20-11-15-24(16-12-20)17-19-5-3-2-4-6-19/h2-6,9-10,13-14,20H,7-8,11-12,15-17H2,1H3. The normalized spacial score (nSPS) is 15.9. The van der Waals surface area contributed by atoms with Crippen molar-refractivity contribution in [2.24, 2.45) is 0 Å². The van der Waals surface area contributed by atoms with Gasteiger partial charge in [-0.15, -0.1) is 0 Å². The van der Waals surface area contributed by atoms with Crippen molar-refractivity contribution >= 4 is 5.91 Å². The van der Waals surface area contributed by atoms with Crippen molar-refractivity contribution in [1.82, 2.24) is 14.8 Å². The Morgan fingerprint density at radius 3 is 2.44 bits per heavy atom. The van der Waals surface area contributed by atoms with Crippen molar-refractivity contribution in [3.05, 3.63) is 66.0 Å². The van der Waals surface area contributed by atoms with E-state index < -0.39 is 0 Å². The molecule has 0 unspecified atom stereocenters. The van der Waals surface area contributed by atoms with E-state index in [0.29, 0.717) is 12.5 Å². The Bertz CT molecular complexity index is 651. The van der Waals surface area contributed by atoms with Crippen LogP contribution in [0.1, 0.15) is 30.4 Å². The van der Waals surface area contributed by atoms with Gasteiger partial charge in [-0.2, -0.15) is 0 Å². The Morgan fingerprint density at radius 2 is 1.76 bits per heavy atom. The average Bonchev–Trinajstić information content (AvgIpc) is 2.68. The molecule has 0 aliphatic carbocycles. The van der Waals surface area contributed by atoms with E-state index in [1.54, 1.807) is 12.4 Å². The molecule has 0 saturated carbocycles. The number of carbonyl (C=O) groups is 1. The van der Waals surface area contributed by atoms with Gasteiger partial charge < -0.3 is 4.90 Å². The topological polar surface area (TPSA) is 36.4 Å². The maximum absolute atomic E-state index is 12.5. The molecule has 2 aromatic rings. The molecule has 3 rings (SSSR count). The van der Waals surface area contributed by atoms with Gasteiger partial charge in [-0.1, -0.05) is 30.3 Å². The Kier molecular flexibility index (Phi) is 6.18. The molecule has 1 aromatic carbocycles. The highest BCUT2D eigenvalue weighted by Gasteiger charge is 2.25. The van der Waals surface area contributed by atoms with Gasteiger partial charge in [0.15, 0.2) is 0 Å². The molecule has 25 heavy (non-hydrogen) atoms. The maximum Gasteiger partial charge on any atom is 0.222 e. The first-order valence-electron chi connectivity index (χ1n) is 9.13. The molecule has 1 aliphatic rings. The van der Waals surface area contributed by atoms with E-state index >= 15 is 0 Å². The van der Waals surface area contributed by atoms with Crippen LogP contribution in [0, 0.1) is 0 Å². The molecule has 132 valence electrons. The molecule has 1 amide bonds. The molecule has 1 aliphatic heterocycles. The van der Waals surface area contributed by atoms with E-state index in [2.05, 4.69) is 40.2 Å². The fourth-order valence-corrected chi connectivity index (χ4v) is 3.49. The van der Waals surface area contributed by atoms with E-state index in [-0.39, 0.29) is 5.91 Å². The fourth-order valence-electron chi connectivity index (χ4n) is 3.49. The number of amides is 1. The summed E-state index contributed by atoms with van der Waals surface area (Å²) in [4.78, 5) is 21.0. The molecule has 1 fully saturated rings. The Hall–Kier alpha value is -2.20. The SMILES string of the molecule is CN(C(=O)CCc1ccncc1)C1CCN(Cc2ccccc2)CC1. The van der Waals surface area contributed by atoms with E-state index in [4.69, 9.17) is 0 Å². The number of benzene rings is 1. The first-order chi connectivity index (χ1) is 12.2. The number of piperidine rings is 1. The van der Waals surface area contributed by atoms with Crippen LogP contribution in [-0.4, -0.2) is 46.9 Å². The summed E-state index contributed by atoms with van der Waals surface area (Å²) in [5, 5.41) is 0. The number of likely N-dealkylation sites (tertiary alicyclic amines) is 1. The molecule has 0 radical (unpaired) electrons. The molecule has 0 atom stereocenters. The maximum atomic E-state index is 12.5. The van der Waals surface area contributed by atoms with E-state index in [1.807, 2.05) is 24.1 Å². The summed E-state index contributed by atoms with van der Waals surface area (Å²) < 4.78 is 0. The van der Waals surface area contributed by atoms with Crippen LogP contribution in [0.2, 0.25) is 0 Å². The largest absolute Gasteiger partial charge is 0.343 e. The lowest BCUT2D eigenvalue weighted by Crippen LogP contribution is -2.45. The molecule has 4 nitrogen and oxygen atoms in total. The fraction of sp³-hybridized carbons (Fsp3) is 0.429. The summed E-state index contributed by atoms with van der Waals surface area (Å²) in [5.41, 5.74) is 2.54. The van der Waals surface area contributed by atoms with Crippen LogP contribution in [0.5, 0.6) is 0 Å². The van der Waals surface area contributed by atoms with Gasteiger partial charge in [-0.3, -0.25) is 14.7 Å². The minimum atomic E-state index is 0.248. The molecular formula is C21H27N3O. The highest BCUT2D eigenvalue weighted by Crippen LogP contribution is 2.18. The molecular weight excluding hydrogens is 310 g/mol. The lowest BCUT2D eigenvalue weighted by atomic mass is 10.0. The second kappa shape index (κ2) is 8.77. The quantitative estimate of drug-likeness (QED) is 0.812. The number of hydrogen-bond acceptors (Lipinski definition) is 3. The van der Waals surface area contributed by atoms with Crippen LogP contribution in [0.4, 0.5) is 0 Å². The van der Waals surface area contributed by atoms with Crippen LogP contribution in [-0.2, 0) is 17.8 Å².